The fraction of sp³-hybridized carbons (Fsp3) is 0.667. The third kappa shape index (κ3) is 6.45. The molecule has 0 atom stereocenters. The third-order valence-corrected chi connectivity index (χ3v) is 3.26. The molecule has 0 aliphatic heterocycles. The van der Waals surface area contributed by atoms with Gasteiger partial charge in [-0.1, -0.05) is 0 Å². The highest BCUT2D eigenvalue weighted by molar-refractivity contribution is 5.80. The first-order valence-corrected chi connectivity index (χ1v) is 6.67. The lowest BCUT2D eigenvalue weighted by atomic mass is 9.99. The van der Waals surface area contributed by atoms with Crippen LogP contribution < -0.4 is 0 Å². The predicted octanol–water partition coefficient (Wildman–Crippen LogP) is -3.35. The van der Waals surface area contributed by atoms with Crippen LogP contribution in [0.5, 0.6) is 0 Å². The van der Waals surface area contributed by atoms with Gasteiger partial charge < -0.3 is 30.6 Å². The summed E-state index contributed by atoms with van der Waals surface area (Å²) in [7, 11) is 0. The lowest BCUT2D eigenvalue weighted by Gasteiger charge is -2.37. The van der Waals surface area contributed by atoms with E-state index >= 15 is 0 Å². The Morgan fingerprint density at radius 3 is 1.42 bits per heavy atom. The molecule has 0 saturated carbocycles. The number of carboxylic acids is 4. The van der Waals surface area contributed by atoms with Crippen molar-refractivity contribution in [2.24, 2.45) is 0 Å². The van der Waals surface area contributed by atoms with Crippen molar-refractivity contribution in [3.8, 4) is 0 Å². The molecule has 0 amide bonds. The summed E-state index contributed by atoms with van der Waals surface area (Å²) < 4.78 is 0. The number of nitrogens with zero attached hydrogens (tertiary/aromatic N) is 2. The van der Waals surface area contributed by atoms with Crippen LogP contribution in [-0.4, -0.2) is 116 Å². The Morgan fingerprint density at radius 2 is 1.12 bits per heavy atom. The van der Waals surface area contributed by atoms with Crippen molar-refractivity contribution in [3.63, 3.8) is 0 Å². The molecule has 0 aliphatic rings. The first-order valence-electron chi connectivity index (χ1n) is 6.67. The maximum atomic E-state index is 11.4. The molecule has 12 heteroatoms. The summed E-state index contributed by atoms with van der Waals surface area (Å²) in [6.45, 7) is -5.08. The van der Waals surface area contributed by atoms with Gasteiger partial charge in [0, 0.05) is 13.1 Å². The highest BCUT2D eigenvalue weighted by atomic mass is 16.4. The van der Waals surface area contributed by atoms with Crippen molar-refractivity contribution >= 4 is 23.9 Å². The topological polar surface area (TPSA) is 196 Å². The SMILES string of the molecule is O=C(O)CN(CCN(CC(=O)O)C(CO)(CO)C(=O)O)CC(=O)O. The molecule has 0 radical (unpaired) electrons. The van der Waals surface area contributed by atoms with E-state index in [4.69, 9.17) is 15.3 Å². The third-order valence-electron chi connectivity index (χ3n) is 3.26. The summed E-state index contributed by atoms with van der Waals surface area (Å²) in [6.07, 6.45) is 0. The molecular formula is C12H20N2O10. The minimum atomic E-state index is -2.30. The molecule has 12 nitrogen and oxygen atoms in total. The number of aliphatic hydroxyl groups is 2. The molecule has 0 unspecified atom stereocenters. The molecule has 0 fully saturated rings. The van der Waals surface area contributed by atoms with Crippen molar-refractivity contribution in [3.05, 3.63) is 0 Å². The minimum Gasteiger partial charge on any atom is -0.480 e. The van der Waals surface area contributed by atoms with Gasteiger partial charge in [-0.05, 0) is 0 Å². The molecule has 0 rings (SSSR count). The van der Waals surface area contributed by atoms with E-state index in [-0.39, 0.29) is 6.54 Å². The second kappa shape index (κ2) is 9.77. The summed E-state index contributed by atoms with van der Waals surface area (Å²) in [5.41, 5.74) is -2.30. The maximum Gasteiger partial charge on any atom is 0.328 e. The van der Waals surface area contributed by atoms with E-state index in [0.717, 1.165) is 9.80 Å². The standard InChI is InChI=1S/C12H20N2O10/c15-6-12(7-16,11(23)24)14(5-10(21)22)2-1-13(3-8(17)18)4-9(19)20/h15-16H,1-7H2,(H,17,18)(H,19,20)(H,21,22)(H,23,24). The normalized spacial score (nSPS) is 11.7. The van der Waals surface area contributed by atoms with E-state index in [2.05, 4.69) is 0 Å². The smallest absolute Gasteiger partial charge is 0.328 e. The highest BCUT2D eigenvalue weighted by Crippen LogP contribution is 2.15. The van der Waals surface area contributed by atoms with Gasteiger partial charge in [-0.3, -0.25) is 29.0 Å². The van der Waals surface area contributed by atoms with E-state index in [0.29, 0.717) is 0 Å². The highest BCUT2D eigenvalue weighted by Gasteiger charge is 2.44. The number of carboxylic acid groups (broad SMARTS) is 4. The molecule has 138 valence electrons. The van der Waals surface area contributed by atoms with Gasteiger partial charge in [0.15, 0.2) is 5.54 Å². The molecule has 0 aliphatic carbocycles. The van der Waals surface area contributed by atoms with Crippen LogP contribution in [0.25, 0.3) is 0 Å². The van der Waals surface area contributed by atoms with Crippen LogP contribution in [0.4, 0.5) is 0 Å². The van der Waals surface area contributed by atoms with E-state index in [1.807, 2.05) is 0 Å². The van der Waals surface area contributed by atoms with Gasteiger partial charge >= 0.3 is 23.9 Å². The molecule has 0 saturated heterocycles. The van der Waals surface area contributed by atoms with E-state index in [9.17, 15) is 34.5 Å². The second-order valence-electron chi connectivity index (χ2n) is 4.97. The fourth-order valence-electron chi connectivity index (χ4n) is 1.99. The van der Waals surface area contributed by atoms with Crippen LogP contribution in [0.3, 0.4) is 0 Å². The average Bonchev–Trinajstić information content (AvgIpc) is 2.43. The van der Waals surface area contributed by atoms with Crippen molar-refractivity contribution in [1.29, 1.82) is 0 Å². The van der Waals surface area contributed by atoms with E-state index in [1.54, 1.807) is 0 Å². The zero-order chi connectivity index (χ0) is 18.9. The molecule has 0 heterocycles. The van der Waals surface area contributed by atoms with Crippen molar-refractivity contribution in [2.45, 2.75) is 5.54 Å². The van der Waals surface area contributed by atoms with Crippen LogP contribution in [0.2, 0.25) is 0 Å². The molecule has 0 aromatic heterocycles. The largest absolute Gasteiger partial charge is 0.480 e. The monoisotopic (exact) mass is 352 g/mol. The van der Waals surface area contributed by atoms with Crippen molar-refractivity contribution in [2.75, 3.05) is 45.9 Å². The summed E-state index contributed by atoms with van der Waals surface area (Å²) >= 11 is 0. The Kier molecular flexibility index (Phi) is 8.84. The van der Waals surface area contributed by atoms with Gasteiger partial charge in [0.05, 0.1) is 32.8 Å². The number of hydrogen-bond donors (Lipinski definition) is 6. The quantitative estimate of drug-likeness (QED) is 0.193. The predicted molar refractivity (Wildman–Crippen MR) is 75.5 cm³/mol. The van der Waals surface area contributed by atoms with Gasteiger partial charge in [-0.15, -0.1) is 0 Å². The van der Waals surface area contributed by atoms with Crippen LogP contribution in [0, 0.1) is 0 Å². The zero-order valence-electron chi connectivity index (χ0n) is 12.7. The molecule has 0 aromatic carbocycles. The Balaban J connectivity index is 5.31. The second-order valence-corrected chi connectivity index (χ2v) is 4.97. The molecule has 0 aromatic rings. The lowest BCUT2D eigenvalue weighted by Crippen LogP contribution is -2.62. The van der Waals surface area contributed by atoms with Gasteiger partial charge in [-0.2, -0.15) is 0 Å². The Bertz CT molecular complexity index is 460. The number of carbonyl (C=O) groups is 4. The Hall–Kier alpha value is -2.28. The molecule has 6 N–H and O–H groups in total. The van der Waals surface area contributed by atoms with E-state index < -0.39 is 68.8 Å². The van der Waals surface area contributed by atoms with Crippen LogP contribution in [0.15, 0.2) is 0 Å². The molecule has 0 spiro atoms. The molecule has 0 bridgehead atoms. The summed E-state index contributed by atoms with van der Waals surface area (Å²) in [5, 5.41) is 54.2. The fourth-order valence-corrected chi connectivity index (χ4v) is 1.99. The average molecular weight is 352 g/mol. The summed E-state index contributed by atoms with van der Waals surface area (Å²) in [5.74, 6) is -5.76. The lowest BCUT2D eigenvalue weighted by molar-refractivity contribution is -0.162. The van der Waals surface area contributed by atoms with Crippen molar-refractivity contribution in [1.82, 2.24) is 9.80 Å². The van der Waals surface area contributed by atoms with Crippen LogP contribution in [-0.2, 0) is 19.2 Å². The van der Waals surface area contributed by atoms with Gasteiger partial charge in [-0.25, -0.2) is 0 Å². The number of aliphatic hydroxyl groups excluding tert-OH is 2. The summed E-state index contributed by atoms with van der Waals surface area (Å²) in [4.78, 5) is 45.4. The number of aliphatic carboxylic acids is 4. The van der Waals surface area contributed by atoms with Crippen LogP contribution >= 0.6 is 0 Å². The van der Waals surface area contributed by atoms with Gasteiger partial charge in [0.1, 0.15) is 0 Å². The maximum absolute atomic E-state index is 11.4. The van der Waals surface area contributed by atoms with Crippen molar-refractivity contribution < 1.29 is 49.8 Å². The first-order chi connectivity index (χ1) is 11.1. The number of hydrogen-bond acceptors (Lipinski definition) is 8. The minimum absolute atomic E-state index is 0.305. The Morgan fingerprint density at radius 1 is 0.708 bits per heavy atom. The van der Waals surface area contributed by atoms with E-state index in [1.165, 1.54) is 0 Å². The van der Waals surface area contributed by atoms with Gasteiger partial charge in [0.2, 0.25) is 0 Å². The zero-order valence-corrected chi connectivity index (χ0v) is 12.7. The Labute approximate surface area is 136 Å². The molecule has 24 heavy (non-hydrogen) atoms. The first kappa shape index (κ1) is 21.7. The van der Waals surface area contributed by atoms with Gasteiger partial charge in [0.25, 0.3) is 0 Å². The number of rotatable bonds is 13. The summed E-state index contributed by atoms with van der Waals surface area (Å²) in [6, 6.07) is 0. The van der Waals surface area contributed by atoms with Crippen LogP contribution in [0.1, 0.15) is 0 Å². The molecular weight excluding hydrogens is 332 g/mol.